The fourth-order valence-electron chi connectivity index (χ4n) is 1.79. The predicted octanol–water partition coefficient (Wildman–Crippen LogP) is 4.15. The van der Waals surface area contributed by atoms with Crippen molar-refractivity contribution in [2.75, 3.05) is 5.32 Å². The number of rotatable bonds is 2. The molecule has 19 heavy (non-hydrogen) atoms. The minimum atomic E-state index is -0.298. The molecule has 2 heterocycles. The van der Waals surface area contributed by atoms with E-state index >= 15 is 0 Å². The van der Waals surface area contributed by atoms with Crippen molar-refractivity contribution < 1.29 is 4.39 Å². The highest BCUT2D eigenvalue weighted by molar-refractivity contribution is 6.33. The molecule has 0 radical (unpaired) electrons. The summed E-state index contributed by atoms with van der Waals surface area (Å²) < 4.78 is 13.6. The molecule has 2 N–H and O–H groups in total. The van der Waals surface area contributed by atoms with Crippen molar-refractivity contribution >= 4 is 45.6 Å². The lowest BCUT2D eigenvalue weighted by Gasteiger charge is -2.08. The Bertz CT molecular complexity index is 757. The van der Waals surface area contributed by atoms with E-state index in [0.717, 1.165) is 0 Å². The zero-order valence-corrected chi connectivity index (χ0v) is 10.9. The van der Waals surface area contributed by atoms with E-state index in [0.29, 0.717) is 27.4 Å². The van der Waals surface area contributed by atoms with Gasteiger partial charge in [-0.2, -0.15) is 4.98 Å². The normalized spacial score (nSPS) is 10.9. The molecule has 96 valence electrons. The van der Waals surface area contributed by atoms with Gasteiger partial charge in [0.05, 0.1) is 17.4 Å². The number of halogens is 3. The molecule has 2 aromatic heterocycles. The minimum Gasteiger partial charge on any atom is -0.359 e. The number of anilines is 2. The van der Waals surface area contributed by atoms with Crippen LogP contribution >= 0.6 is 23.2 Å². The molecule has 0 bridgehead atoms. The average molecular weight is 297 g/mol. The SMILES string of the molecule is Fc1ccc(Nc2nc(Cl)ncc2Cl)c2[nH]ccc12. The Morgan fingerprint density at radius 3 is 2.89 bits per heavy atom. The Morgan fingerprint density at radius 1 is 1.21 bits per heavy atom. The van der Waals surface area contributed by atoms with Gasteiger partial charge in [-0.15, -0.1) is 0 Å². The van der Waals surface area contributed by atoms with E-state index in [4.69, 9.17) is 23.2 Å². The first-order valence-electron chi connectivity index (χ1n) is 5.36. The first-order chi connectivity index (χ1) is 9.15. The van der Waals surface area contributed by atoms with Gasteiger partial charge in [-0.25, -0.2) is 9.37 Å². The van der Waals surface area contributed by atoms with Crippen molar-refractivity contribution in [3.8, 4) is 0 Å². The minimum absolute atomic E-state index is 0.0803. The maximum atomic E-state index is 13.6. The second-order valence-electron chi connectivity index (χ2n) is 3.82. The van der Waals surface area contributed by atoms with Gasteiger partial charge in [0.15, 0.2) is 5.82 Å². The maximum absolute atomic E-state index is 13.6. The second-order valence-corrected chi connectivity index (χ2v) is 4.57. The summed E-state index contributed by atoms with van der Waals surface area (Å²) in [7, 11) is 0. The molecule has 0 fully saturated rings. The number of nitrogens with one attached hydrogen (secondary N) is 2. The third kappa shape index (κ3) is 2.22. The van der Waals surface area contributed by atoms with Gasteiger partial charge in [0, 0.05) is 11.6 Å². The Morgan fingerprint density at radius 2 is 2.05 bits per heavy atom. The van der Waals surface area contributed by atoms with Crippen molar-refractivity contribution in [3.63, 3.8) is 0 Å². The van der Waals surface area contributed by atoms with Crippen molar-refractivity contribution in [2.45, 2.75) is 0 Å². The van der Waals surface area contributed by atoms with Crippen molar-refractivity contribution in [3.05, 3.63) is 46.7 Å². The van der Waals surface area contributed by atoms with Gasteiger partial charge < -0.3 is 10.3 Å². The number of H-pyrrole nitrogens is 1. The van der Waals surface area contributed by atoms with Crippen LogP contribution in [-0.2, 0) is 0 Å². The molecule has 0 unspecified atom stereocenters. The number of benzene rings is 1. The summed E-state index contributed by atoms with van der Waals surface area (Å²) in [5, 5.41) is 3.90. The third-order valence-electron chi connectivity index (χ3n) is 2.64. The predicted molar refractivity (Wildman–Crippen MR) is 73.6 cm³/mol. The van der Waals surface area contributed by atoms with Crippen LogP contribution in [0.5, 0.6) is 0 Å². The number of hydrogen-bond donors (Lipinski definition) is 2. The molecule has 7 heteroatoms. The van der Waals surface area contributed by atoms with Gasteiger partial charge in [0.1, 0.15) is 10.8 Å². The van der Waals surface area contributed by atoms with Crippen LogP contribution in [0.2, 0.25) is 10.3 Å². The summed E-state index contributed by atoms with van der Waals surface area (Å²) in [6, 6.07) is 4.63. The van der Waals surface area contributed by atoms with Gasteiger partial charge in [-0.1, -0.05) is 11.6 Å². The van der Waals surface area contributed by atoms with Gasteiger partial charge in [-0.3, -0.25) is 0 Å². The van der Waals surface area contributed by atoms with E-state index < -0.39 is 0 Å². The lowest BCUT2D eigenvalue weighted by Crippen LogP contribution is -1.97. The molecule has 3 rings (SSSR count). The highest BCUT2D eigenvalue weighted by Crippen LogP contribution is 2.29. The Balaban J connectivity index is 2.08. The van der Waals surface area contributed by atoms with Gasteiger partial charge in [0.2, 0.25) is 5.28 Å². The Labute approximate surface area is 117 Å². The summed E-state index contributed by atoms with van der Waals surface area (Å²) in [5.41, 5.74) is 1.28. The van der Waals surface area contributed by atoms with E-state index in [9.17, 15) is 4.39 Å². The number of aromatic amines is 1. The molecule has 0 saturated carbocycles. The molecule has 0 spiro atoms. The zero-order valence-electron chi connectivity index (χ0n) is 9.42. The van der Waals surface area contributed by atoms with Gasteiger partial charge in [0.25, 0.3) is 0 Å². The van der Waals surface area contributed by atoms with Crippen molar-refractivity contribution in [2.24, 2.45) is 0 Å². The van der Waals surface area contributed by atoms with Crippen LogP contribution in [0.15, 0.2) is 30.6 Å². The third-order valence-corrected chi connectivity index (χ3v) is 3.10. The lowest BCUT2D eigenvalue weighted by molar-refractivity contribution is 0.640. The Kier molecular flexibility index (Phi) is 3.00. The molecule has 0 aliphatic rings. The highest BCUT2D eigenvalue weighted by atomic mass is 35.5. The quantitative estimate of drug-likeness (QED) is 0.699. The van der Waals surface area contributed by atoms with E-state index in [1.807, 2.05) is 0 Å². The van der Waals surface area contributed by atoms with Crippen LogP contribution in [0.25, 0.3) is 10.9 Å². The van der Waals surface area contributed by atoms with Crippen LogP contribution in [0.1, 0.15) is 0 Å². The lowest BCUT2D eigenvalue weighted by atomic mass is 10.2. The topological polar surface area (TPSA) is 53.6 Å². The van der Waals surface area contributed by atoms with E-state index in [1.54, 1.807) is 18.3 Å². The number of fused-ring (bicyclic) bond motifs is 1. The first-order valence-corrected chi connectivity index (χ1v) is 6.11. The van der Waals surface area contributed by atoms with Crippen LogP contribution in [0.3, 0.4) is 0 Å². The molecule has 0 atom stereocenters. The molecule has 0 aliphatic carbocycles. The Hall–Kier alpha value is -1.85. The summed E-state index contributed by atoms with van der Waals surface area (Å²) in [6.07, 6.45) is 3.06. The molecular weight excluding hydrogens is 290 g/mol. The largest absolute Gasteiger partial charge is 0.359 e. The molecule has 0 aliphatic heterocycles. The summed E-state index contributed by atoms with van der Waals surface area (Å²) >= 11 is 11.7. The highest BCUT2D eigenvalue weighted by Gasteiger charge is 2.10. The molecule has 3 aromatic rings. The van der Waals surface area contributed by atoms with E-state index in [-0.39, 0.29) is 11.1 Å². The fourth-order valence-corrected chi connectivity index (χ4v) is 2.06. The second kappa shape index (κ2) is 4.68. The van der Waals surface area contributed by atoms with Gasteiger partial charge >= 0.3 is 0 Å². The molecule has 0 saturated heterocycles. The molecule has 0 amide bonds. The van der Waals surface area contributed by atoms with E-state index in [2.05, 4.69) is 20.3 Å². The number of hydrogen-bond acceptors (Lipinski definition) is 3. The fraction of sp³-hybridized carbons (Fsp3) is 0. The van der Waals surface area contributed by atoms with Crippen LogP contribution in [0, 0.1) is 5.82 Å². The van der Waals surface area contributed by atoms with Gasteiger partial charge in [-0.05, 0) is 29.8 Å². The summed E-state index contributed by atoms with van der Waals surface area (Å²) in [5.74, 6) is 0.0674. The molecule has 4 nitrogen and oxygen atoms in total. The zero-order chi connectivity index (χ0) is 13.4. The monoisotopic (exact) mass is 296 g/mol. The number of nitrogens with zero attached hydrogens (tertiary/aromatic N) is 2. The van der Waals surface area contributed by atoms with Crippen molar-refractivity contribution in [1.29, 1.82) is 0 Å². The standard InChI is InChI=1S/C12H7Cl2FN4/c13-7-5-17-12(14)19-11(7)18-9-2-1-8(15)6-3-4-16-10(6)9/h1-5,16H,(H,17,18,19). The summed E-state index contributed by atoms with van der Waals surface area (Å²) in [6.45, 7) is 0. The smallest absolute Gasteiger partial charge is 0.224 e. The number of aromatic nitrogens is 3. The van der Waals surface area contributed by atoms with Crippen LogP contribution in [-0.4, -0.2) is 15.0 Å². The molecular formula is C12H7Cl2FN4. The molecule has 1 aromatic carbocycles. The maximum Gasteiger partial charge on any atom is 0.224 e. The van der Waals surface area contributed by atoms with Crippen molar-refractivity contribution in [1.82, 2.24) is 15.0 Å². The first kappa shape index (κ1) is 12.2. The van der Waals surface area contributed by atoms with Crippen LogP contribution in [0.4, 0.5) is 15.9 Å². The van der Waals surface area contributed by atoms with Crippen LogP contribution < -0.4 is 5.32 Å². The summed E-state index contributed by atoms with van der Waals surface area (Å²) in [4.78, 5) is 10.7. The van der Waals surface area contributed by atoms with E-state index in [1.165, 1.54) is 12.3 Å². The average Bonchev–Trinajstić information content (AvgIpc) is 2.87.